The van der Waals surface area contributed by atoms with Crippen LogP contribution in [0.5, 0.6) is 0 Å². The van der Waals surface area contributed by atoms with Crippen LogP contribution in [0.4, 0.5) is 10.5 Å². The smallest absolute Gasteiger partial charge is 0.317 e. The molecule has 1 aliphatic heterocycles. The Morgan fingerprint density at radius 2 is 1.70 bits per heavy atom. The maximum atomic E-state index is 12.3. The first kappa shape index (κ1) is 17.3. The molecule has 0 aliphatic carbocycles. The SMILES string of the molecule is CC(C)C(C)NC(=O)N1CCC(C(=O)Nc2ccccc2)CC1. The van der Waals surface area contributed by atoms with Gasteiger partial charge in [-0.3, -0.25) is 4.79 Å². The van der Waals surface area contributed by atoms with Crippen LogP contribution in [0.15, 0.2) is 30.3 Å². The number of carbonyl (C=O) groups is 2. The summed E-state index contributed by atoms with van der Waals surface area (Å²) in [4.78, 5) is 26.3. The Morgan fingerprint density at radius 1 is 1.09 bits per heavy atom. The van der Waals surface area contributed by atoms with E-state index in [4.69, 9.17) is 0 Å². The number of nitrogens with zero attached hydrogens (tertiary/aromatic N) is 1. The zero-order chi connectivity index (χ0) is 16.8. The van der Waals surface area contributed by atoms with Crippen molar-refractivity contribution in [3.63, 3.8) is 0 Å². The molecular formula is C18H27N3O2. The molecule has 0 radical (unpaired) electrons. The molecule has 126 valence electrons. The number of urea groups is 1. The number of hydrogen-bond donors (Lipinski definition) is 2. The molecule has 5 heteroatoms. The second-order valence-corrected chi connectivity index (χ2v) is 6.60. The van der Waals surface area contributed by atoms with E-state index in [2.05, 4.69) is 24.5 Å². The first-order chi connectivity index (χ1) is 11.0. The standard InChI is InChI=1S/C18H27N3O2/c1-13(2)14(3)19-18(23)21-11-9-15(10-12-21)17(22)20-16-7-5-4-6-8-16/h4-8,13-15H,9-12H2,1-3H3,(H,19,23)(H,20,22). The molecule has 0 spiro atoms. The van der Waals surface area contributed by atoms with E-state index in [9.17, 15) is 9.59 Å². The minimum absolute atomic E-state index is 0.0203. The van der Waals surface area contributed by atoms with Crippen molar-refractivity contribution in [2.45, 2.75) is 39.7 Å². The summed E-state index contributed by atoms with van der Waals surface area (Å²) in [6.07, 6.45) is 1.42. The summed E-state index contributed by atoms with van der Waals surface area (Å²) in [6.45, 7) is 7.45. The molecule has 0 aromatic heterocycles. The number of hydrogen-bond acceptors (Lipinski definition) is 2. The van der Waals surface area contributed by atoms with Gasteiger partial charge in [-0.25, -0.2) is 4.79 Å². The van der Waals surface area contributed by atoms with Gasteiger partial charge in [0.25, 0.3) is 0 Å². The summed E-state index contributed by atoms with van der Waals surface area (Å²) in [5.74, 6) is 0.432. The van der Waals surface area contributed by atoms with Crippen molar-refractivity contribution in [1.29, 1.82) is 0 Å². The third kappa shape index (κ3) is 4.98. The minimum atomic E-state index is -0.0261. The second kappa shape index (κ2) is 7.99. The highest BCUT2D eigenvalue weighted by Gasteiger charge is 2.28. The first-order valence-corrected chi connectivity index (χ1v) is 8.38. The van der Waals surface area contributed by atoms with Gasteiger partial charge in [0.1, 0.15) is 0 Å². The highest BCUT2D eigenvalue weighted by Crippen LogP contribution is 2.19. The minimum Gasteiger partial charge on any atom is -0.335 e. The number of carbonyl (C=O) groups excluding carboxylic acids is 2. The van der Waals surface area contributed by atoms with Gasteiger partial charge in [0.05, 0.1) is 0 Å². The van der Waals surface area contributed by atoms with Gasteiger partial charge in [0.15, 0.2) is 0 Å². The molecule has 1 aliphatic rings. The fourth-order valence-electron chi connectivity index (χ4n) is 2.56. The molecule has 0 saturated carbocycles. The van der Waals surface area contributed by atoms with Crippen LogP contribution >= 0.6 is 0 Å². The van der Waals surface area contributed by atoms with Crippen molar-refractivity contribution in [1.82, 2.24) is 10.2 Å². The molecule has 5 nitrogen and oxygen atoms in total. The second-order valence-electron chi connectivity index (χ2n) is 6.60. The van der Waals surface area contributed by atoms with E-state index in [0.717, 1.165) is 5.69 Å². The van der Waals surface area contributed by atoms with Crippen LogP contribution in [0.3, 0.4) is 0 Å². The normalized spacial score (nSPS) is 17.0. The van der Waals surface area contributed by atoms with E-state index in [-0.39, 0.29) is 23.9 Å². The Hall–Kier alpha value is -2.04. The molecule has 1 unspecified atom stereocenters. The van der Waals surface area contributed by atoms with Crippen molar-refractivity contribution in [2.24, 2.45) is 11.8 Å². The summed E-state index contributed by atoms with van der Waals surface area (Å²) >= 11 is 0. The van der Waals surface area contributed by atoms with Gasteiger partial charge in [-0.15, -0.1) is 0 Å². The summed E-state index contributed by atoms with van der Waals surface area (Å²) < 4.78 is 0. The topological polar surface area (TPSA) is 61.4 Å². The van der Waals surface area contributed by atoms with Crippen LogP contribution in [-0.4, -0.2) is 36.0 Å². The van der Waals surface area contributed by atoms with Crippen molar-refractivity contribution in [3.05, 3.63) is 30.3 Å². The van der Waals surface area contributed by atoms with Gasteiger partial charge in [-0.1, -0.05) is 32.0 Å². The van der Waals surface area contributed by atoms with E-state index in [0.29, 0.717) is 31.8 Å². The number of para-hydroxylation sites is 1. The van der Waals surface area contributed by atoms with Crippen molar-refractivity contribution in [3.8, 4) is 0 Å². The van der Waals surface area contributed by atoms with Crippen molar-refractivity contribution < 1.29 is 9.59 Å². The molecule has 1 fully saturated rings. The molecule has 0 bridgehead atoms. The Labute approximate surface area is 138 Å². The van der Waals surface area contributed by atoms with Crippen LogP contribution < -0.4 is 10.6 Å². The summed E-state index contributed by atoms with van der Waals surface area (Å²) in [7, 11) is 0. The van der Waals surface area contributed by atoms with Gasteiger partial charge < -0.3 is 15.5 Å². The Morgan fingerprint density at radius 3 is 2.26 bits per heavy atom. The Kier molecular flexibility index (Phi) is 6.02. The number of rotatable bonds is 4. The van der Waals surface area contributed by atoms with E-state index in [1.165, 1.54) is 0 Å². The summed E-state index contributed by atoms with van der Waals surface area (Å²) in [5, 5.41) is 5.96. The number of piperidine rings is 1. The monoisotopic (exact) mass is 317 g/mol. The van der Waals surface area contributed by atoms with Gasteiger partial charge in [0.2, 0.25) is 5.91 Å². The zero-order valence-corrected chi connectivity index (χ0v) is 14.2. The maximum absolute atomic E-state index is 12.3. The van der Waals surface area contributed by atoms with E-state index in [1.807, 2.05) is 42.2 Å². The molecule has 23 heavy (non-hydrogen) atoms. The summed E-state index contributed by atoms with van der Waals surface area (Å²) in [6, 6.07) is 9.62. The van der Waals surface area contributed by atoms with Gasteiger partial charge >= 0.3 is 6.03 Å². The van der Waals surface area contributed by atoms with Gasteiger partial charge in [-0.2, -0.15) is 0 Å². The fraction of sp³-hybridized carbons (Fsp3) is 0.556. The fourth-order valence-corrected chi connectivity index (χ4v) is 2.56. The van der Waals surface area contributed by atoms with Crippen LogP contribution in [-0.2, 0) is 4.79 Å². The number of anilines is 1. The molecule has 1 aromatic carbocycles. The Bertz CT molecular complexity index is 522. The molecule has 1 saturated heterocycles. The molecule has 2 rings (SSSR count). The average Bonchev–Trinajstić information content (AvgIpc) is 2.55. The number of nitrogens with one attached hydrogen (secondary N) is 2. The third-order valence-corrected chi connectivity index (χ3v) is 4.55. The highest BCUT2D eigenvalue weighted by molar-refractivity contribution is 5.92. The van der Waals surface area contributed by atoms with E-state index in [1.54, 1.807) is 0 Å². The lowest BCUT2D eigenvalue weighted by molar-refractivity contribution is -0.121. The van der Waals surface area contributed by atoms with Crippen LogP contribution in [0, 0.1) is 11.8 Å². The number of likely N-dealkylation sites (tertiary alicyclic amines) is 1. The Balaban J connectivity index is 1.79. The molecule has 1 atom stereocenters. The predicted molar refractivity (Wildman–Crippen MR) is 92.2 cm³/mol. The molecule has 2 N–H and O–H groups in total. The lowest BCUT2D eigenvalue weighted by Crippen LogP contribution is -2.49. The van der Waals surface area contributed by atoms with E-state index >= 15 is 0 Å². The number of benzene rings is 1. The molecule has 1 heterocycles. The zero-order valence-electron chi connectivity index (χ0n) is 14.2. The average molecular weight is 317 g/mol. The molecule has 1 aromatic rings. The molecule has 3 amide bonds. The molecular weight excluding hydrogens is 290 g/mol. The quantitative estimate of drug-likeness (QED) is 0.896. The lowest BCUT2D eigenvalue weighted by atomic mass is 9.96. The van der Waals surface area contributed by atoms with Crippen LogP contribution in [0.1, 0.15) is 33.6 Å². The van der Waals surface area contributed by atoms with Crippen molar-refractivity contribution >= 4 is 17.6 Å². The van der Waals surface area contributed by atoms with Gasteiger partial charge in [-0.05, 0) is 37.8 Å². The van der Waals surface area contributed by atoms with E-state index < -0.39 is 0 Å². The highest BCUT2D eigenvalue weighted by atomic mass is 16.2. The first-order valence-electron chi connectivity index (χ1n) is 8.38. The van der Waals surface area contributed by atoms with Crippen LogP contribution in [0.2, 0.25) is 0 Å². The third-order valence-electron chi connectivity index (χ3n) is 4.55. The van der Waals surface area contributed by atoms with Crippen molar-refractivity contribution in [2.75, 3.05) is 18.4 Å². The largest absolute Gasteiger partial charge is 0.335 e. The predicted octanol–water partition coefficient (Wildman–Crippen LogP) is 3.09. The maximum Gasteiger partial charge on any atom is 0.317 e. The number of amides is 3. The summed E-state index contributed by atoms with van der Waals surface area (Å²) in [5.41, 5.74) is 0.823. The van der Waals surface area contributed by atoms with Gasteiger partial charge in [0, 0.05) is 30.7 Å². The lowest BCUT2D eigenvalue weighted by Gasteiger charge is -2.32. The van der Waals surface area contributed by atoms with Crippen LogP contribution in [0.25, 0.3) is 0 Å².